The Morgan fingerprint density at radius 3 is 2.52 bits per heavy atom. The number of hydrogen-bond donors (Lipinski definition) is 1. The fourth-order valence-corrected chi connectivity index (χ4v) is 3.52. The molecule has 0 fully saturated rings. The molecule has 0 unspecified atom stereocenters. The molecule has 0 saturated carbocycles. The van der Waals surface area contributed by atoms with Crippen molar-refractivity contribution in [2.45, 2.75) is 0 Å². The van der Waals surface area contributed by atoms with Crippen LogP contribution in [0, 0.1) is 17.5 Å². The molecule has 144 valence electrons. The molecule has 4 aromatic rings. The summed E-state index contributed by atoms with van der Waals surface area (Å²) in [6, 6.07) is 12.1. The molecule has 8 heteroatoms. The Morgan fingerprint density at radius 2 is 1.72 bits per heavy atom. The zero-order chi connectivity index (χ0) is 20.4. The first-order valence-corrected chi connectivity index (χ1v) is 9.32. The molecule has 0 spiro atoms. The van der Waals surface area contributed by atoms with Crippen molar-refractivity contribution in [1.29, 1.82) is 0 Å². The average molecular weight is 411 g/mol. The number of pyridine rings is 1. The summed E-state index contributed by atoms with van der Waals surface area (Å²) in [4.78, 5) is 20.8. The van der Waals surface area contributed by atoms with Crippen molar-refractivity contribution in [3.05, 3.63) is 89.3 Å². The van der Waals surface area contributed by atoms with Crippen LogP contribution in [-0.2, 0) is 0 Å². The molecule has 0 radical (unpaired) electrons. The van der Waals surface area contributed by atoms with E-state index in [2.05, 4.69) is 15.3 Å². The topological polar surface area (TPSA) is 54.9 Å². The monoisotopic (exact) mass is 411 g/mol. The third-order valence-electron chi connectivity index (χ3n) is 4.13. The van der Waals surface area contributed by atoms with Crippen LogP contribution in [0.5, 0.6) is 0 Å². The zero-order valence-electron chi connectivity index (χ0n) is 14.7. The number of hydrogen-bond acceptors (Lipinski definition) is 4. The van der Waals surface area contributed by atoms with Gasteiger partial charge in [-0.05, 0) is 36.4 Å². The number of carbonyl (C=O) groups excluding carboxylic acids is 1. The number of benzene rings is 2. The second-order valence-electron chi connectivity index (χ2n) is 6.03. The lowest BCUT2D eigenvalue weighted by molar-refractivity contribution is 0.102. The first-order valence-electron chi connectivity index (χ1n) is 8.44. The number of halogens is 3. The Hall–Kier alpha value is -3.52. The molecular formula is C21H12F3N3OS. The van der Waals surface area contributed by atoms with Crippen molar-refractivity contribution in [2.75, 3.05) is 5.32 Å². The molecule has 0 atom stereocenters. The average Bonchev–Trinajstić information content (AvgIpc) is 3.23. The van der Waals surface area contributed by atoms with Crippen molar-refractivity contribution in [3.8, 4) is 21.8 Å². The lowest BCUT2D eigenvalue weighted by atomic mass is 10.1. The third-order valence-corrected chi connectivity index (χ3v) is 5.02. The van der Waals surface area contributed by atoms with Crippen LogP contribution in [0.15, 0.2) is 66.3 Å². The third kappa shape index (κ3) is 3.88. The first-order chi connectivity index (χ1) is 14.0. The van der Waals surface area contributed by atoms with E-state index in [1.165, 1.54) is 11.3 Å². The second kappa shape index (κ2) is 7.84. The highest BCUT2D eigenvalue weighted by Gasteiger charge is 2.19. The fraction of sp³-hybridized carbons (Fsp3) is 0. The quantitative estimate of drug-likeness (QED) is 0.449. The van der Waals surface area contributed by atoms with Crippen LogP contribution in [0.1, 0.15) is 10.4 Å². The van der Waals surface area contributed by atoms with Crippen LogP contribution >= 0.6 is 11.3 Å². The molecule has 29 heavy (non-hydrogen) atoms. The minimum absolute atomic E-state index is 0.370. The van der Waals surface area contributed by atoms with Gasteiger partial charge in [-0.3, -0.25) is 9.78 Å². The summed E-state index contributed by atoms with van der Waals surface area (Å²) in [6.45, 7) is 0. The molecule has 0 aliphatic rings. The smallest absolute Gasteiger partial charge is 0.258 e. The molecule has 1 N–H and O–H groups in total. The van der Waals surface area contributed by atoms with Gasteiger partial charge >= 0.3 is 0 Å². The Bertz CT molecular complexity index is 1200. The predicted octanol–water partition coefficient (Wildman–Crippen LogP) is 5.54. The van der Waals surface area contributed by atoms with Crippen LogP contribution in [0.25, 0.3) is 21.8 Å². The summed E-state index contributed by atoms with van der Waals surface area (Å²) in [7, 11) is 0. The zero-order valence-corrected chi connectivity index (χ0v) is 15.5. The van der Waals surface area contributed by atoms with Crippen molar-refractivity contribution < 1.29 is 18.0 Å². The van der Waals surface area contributed by atoms with Crippen LogP contribution in [0.2, 0.25) is 0 Å². The van der Waals surface area contributed by atoms with Gasteiger partial charge in [0, 0.05) is 34.6 Å². The molecule has 4 rings (SSSR count). The van der Waals surface area contributed by atoms with E-state index in [0.717, 1.165) is 22.2 Å². The van der Waals surface area contributed by atoms with Gasteiger partial charge in [0.15, 0.2) is 17.5 Å². The van der Waals surface area contributed by atoms with Crippen molar-refractivity contribution in [1.82, 2.24) is 9.97 Å². The van der Waals surface area contributed by atoms with Crippen molar-refractivity contribution in [3.63, 3.8) is 0 Å². The van der Waals surface area contributed by atoms with E-state index in [1.807, 2.05) is 23.6 Å². The maximum atomic E-state index is 13.8. The minimum atomic E-state index is -1.68. The normalized spacial score (nSPS) is 10.7. The maximum absolute atomic E-state index is 13.8. The Kier molecular flexibility index (Phi) is 5.09. The molecular weight excluding hydrogens is 399 g/mol. The highest BCUT2D eigenvalue weighted by Crippen LogP contribution is 2.29. The SMILES string of the molecule is O=C(Nc1cccc(-c2csc(-c3ccncc3)n2)c1)c1ccc(F)c(F)c1F. The predicted molar refractivity (Wildman–Crippen MR) is 105 cm³/mol. The van der Waals surface area contributed by atoms with E-state index in [1.54, 1.807) is 30.6 Å². The summed E-state index contributed by atoms with van der Waals surface area (Å²) in [5, 5.41) is 5.19. The van der Waals surface area contributed by atoms with E-state index in [-0.39, 0.29) is 0 Å². The van der Waals surface area contributed by atoms with E-state index in [9.17, 15) is 18.0 Å². The second-order valence-corrected chi connectivity index (χ2v) is 6.89. The van der Waals surface area contributed by atoms with Crippen LogP contribution in [-0.4, -0.2) is 15.9 Å². The van der Waals surface area contributed by atoms with Gasteiger partial charge in [0.05, 0.1) is 11.3 Å². The number of amides is 1. The van der Waals surface area contributed by atoms with E-state index in [4.69, 9.17) is 0 Å². The largest absolute Gasteiger partial charge is 0.322 e. The Labute approximate surface area is 167 Å². The molecule has 0 aliphatic heterocycles. The lowest BCUT2D eigenvalue weighted by Crippen LogP contribution is -2.15. The Balaban J connectivity index is 1.58. The number of anilines is 1. The summed E-state index contributed by atoms with van der Waals surface area (Å²) < 4.78 is 40.3. The Morgan fingerprint density at radius 1 is 0.931 bits per heavy atom. The van der Waals surface area contributed by atoms with Crippen molar-refractivity contribution >= 4 is 22.9 Å². The molecule has 0 aliphatic carbocycles. The molecule has 2 aromatic carbocycles. The maximum Gasteiger partial charge on any atom is 0.258 e. The van der Waals surface area contributed by atoms with Gasteiger partial charge in [-0.25, -0.2) is 18.2 Å². The number of aromatic nitrogens is 2. The van der Waals surface area contributed by atoms with E-state index >= 15 is 0 Å². The summed E-state index contributed by atoms with van der Waals surface area (Å²) in [5.41, 5.74) is 2.18. The number of carbonyl (C=O) groups is 1. The molecule has 4 nitrogen and oxygen atoms in total. The molecule has 0 bridgehead atoms. The van der Waals surface area contributed by atoms with Gasteiger partial charge in [0.25, 0.3) is 5.91 Å². The number of rotatable bonds is 4. The minimum Gasteiger partial charge on any atom is -0.322 e. The van der Waals surface area contributed by atoms with Crippen LogP contribution < -0.4 is 5.32 Å². The van der Waals surface area contributed by atoms with E-state index < -0.39 is 28.9 Å². The van der Waals surface area contributed by atoms with Gasteiger partial charge in [-0.1, -0.05) is 12.1 Å². The summed E-state index contributed by atoms with van der Waals surface area (Å²) >= 11 is 1.47. The van der Waals surface area contributed by atoms with Gasteiger partial charge in [-0.15, -0.1) is 11.3 Å². The molecule has 2 aromatic heterocycles. The first kappa shape index (κ1) is 18.8. The fourth-order valence-electron chi connectivity index (χ4n) is 2.69. The number of nitrogens with one attached hydrogen (secondary N) is 1. The van der Waals surface area contributed by atoms with Crippen LogP contribution in [0.4, 0.5) is 18.9 Å². The highest BCUT2D eigenvalue weighted by molar-refractivity contribution is 7.13. The molecule has 0 saturated heterocycles. The summed E-state index contributed by atoms with van der Waals surface area (Å²) in [6.07, 6.45) is 3.37. The van der Waals surface area contributed by atoms with Crippen LogP contribution in [0.3, 0.4) is 0 Å². The van der Waals surface area contributed by atoms with Gasteiger partial charge in [0.2, 0.25) is 0 Å². The number of nitrogens with zero attached hydrogens (tertiary/aromatic N) is 2. The van der Waals surface area contributed by atoms with Gasteiger partial charge in [0.1, 0.15) is 5.01 Å². The standard InChI is InChI=1S/C21H12F3N3OS/c22-16-5-4-15(18(23)19(16)24)20(28)26-14-3-1-2-13(10-14)17-11-29-21(27-17)12-6-8-25-9-7-12/h1-11H,(H,26,28). The van der Waals surface area contributed by atoms with Crippen molar-refractivity contribution in [2.24, 2.45) is 0 Å². The molecule has 2 heterocycles. The molecule has 1 amide bonds. The summed E-state index contributed by atoms with van der Waals surface area (Å²) in [5.74, 6) is -5.44. The highest BCUT2D eigenvalue weighted by atomic mass is 32.1. The van der Waals surface area contributed by atoms with Gasteiger partial charge in [-0.2, -0.15) is 0 Å². The van der Waals surface area contributed by atoms with E-state index in [0.29, 0.717) is 17.4 Å². The lowest BCUT2D eigenvalue weighted by Gasteiger charge is -2.08. The van der Waals surface area contributed by atoms with Gasteiger partial charge < -0.3 is 5.32 Å². The number of thiazole rings is 1.